The molecule has 3 nitrogen and oxygen atoms in total. The van der Waals surface area contributed by atoms with E-state index in [1.54, 1.807) is 6.92 Å². The molecule has 0 bridgehead atoms. The van der Waals surface area contributed by atoms with E-state index in [2.05, 4.69) is 16.9 Å². The first kappa shape index (κ1) is 10.9. The van der Waals surface area contributed by atoms with Crippen molar-refractivity contribution in [3.63, 3.8) is 0 Å². The van der Waals surface area contributed by atoms with Crippen molar-refractivity contribution in [2.24, 2.45) is 0 Å². The number of hydrogen-bond donors (Lipinski definition) is 1. The highest BCUT2D eigenvalue weighted by Crippen LogP contribution is 2.15. The van der Waals surface area contributed by atoms with Crippen molar-refractivity contribution < 1.29 is 4.79 Å². The number of nitrogens with one attached hydrogen (secondary N) is 1. The first-order chi connectivity index (χ1) is 7.69. The minimum atomic E-state index is 0.188. The molecule has 2 rings (SSSR count). The molecule has 1 N–H and O–H groups in total. The van der Waals surface area contributed by atoms with E-state index in [-0.39, 0.29) is 5.78 Å². The van der Waals surface area contributed by atoms with Gasteiger partial charge >= 0.3 is 0 Å². The number of benzene rings is 1. The highest BCUT2D eigenvalue weighted by molar-refractivity contribution is 5.81. The summed E-state index contributed by atoms with van der Waals surface area (Å²) in [4.78, 5) is 18.8. The third-order valence-electron chi connectivity index (χ3n) is 2.54. The zero-order chi connectivity index (χ0) is 11.5. The fraction of sp³-hybridized carbons (Fsp3) is 0.385. The number of aromatic amines is 1. The summed E-state index contributed by atoms with van der Waals surface area (Å²) in [7, 11) is 0. The highest BCUT2D eigenvalue weighted by Gasteiger charge is 2.04. The molecule has 0 spiro atoms. The van der Waals surface area contributed by atoms with Crippen molar-refractivity contribution in [3.8, 4) is 0 Å². The minimum absolute atomic E-state index is 0.188. The predicted molar refractivity (Wildman–Crippen MR) is 64.5 cm³/mol. The SMILES string of the molecule is CCCc1nc2ccc(CC(C)=O)cc2[nH]1. The molecular weight excluding hydrogens is 200 g/mol. The Bertz CT molecular complexity index is 514. The van der Waals surface area contributed by atoms with Crippen LogP contribution in [0.4, 0.5) is 0 Å². The third-order valence-corrected chi connectivity index (χ3v) is 2.54. The Morgan fingerprint density at radius 1 is 1.44 bits per heavy atom. The van der Waals surface area contributed by atoms with E-state index in [1.165, 1.54) is 0 Å². The van der Waals surface area contributed by atoms with Gasteiger partial charge in [0.1, 0.15) is 11.6 Å². The fourth-order valence-electron chi connectivity index (χ4n) is 1.86. The van der Waals surface area contributed by atoms with Gasteiger partial charge < -0.3 is 4.98 Å². The van der Waals surface area contributed by atoms with E-state index in [1.807, 2.05) is 18.2 Å². The second-order valence-corrected chi connectivity index (χ2v) is 4.16. The number of H-pyrrole nitrogens is 1. The first-order valence-corrected chi connectivity index (χ1v) is 5.66. The second-order valence-electron chi connectivity index (χ2n) is 4.16. The molecule has 1 heterocycles. The third kappa shape index (κ3) is 2.30. The van der Waals surface area contributed by atoms with Gasteiger partial charge in [0.05, 0.1) is 11.0 Å². The lowest BCUT2D eigenvalue weighted by atomic mass is 10.1. The number of carbonyl (C=O) groups is 1. The van der Waals surface area contributed by atoms with Gasteiger partial charge in [-0.15, -0.1) is 0 Å². The van der Waals surface area contributed by atoms with Crippen molar-refractivity contribution in [1.29, 1.82) is 0 Å². The summed E-state index contributed by atoms with van der Waals surface area (Å²) >= 11 is 0. The number of fused-ring (bicyclic) bond motifs is 1. The molecule has 0 saturated heterocycles. The lowest BCUT2D eigenvalue weighted by Crippen LogP contribution is -1.95. The van der Waals surface area contributed by atoms with E-state index in [9.17, 15) is 4.79 Å². The largest absolute Gasteiger partial charge is 0.342 e. The quantitative estimate of drug-likeness (QED) is 0.854. The number of nitrogens with zero attached hydrogens (tertiary/aromatic N) is 1. The minimum Gasteiger partial charge on any atom is -0.342 e. The molecule has 3 heteroatoms. The Morgan fingerprint density at radius 2 is 2.25 bits per heavy atom. The molecule has 0 aliphatic heterocycles. The van der Waals surface area contributed by atoms with Crippen LogP contribution in [0, 0.1) is 0 Å². The molecule has 16 heavy (non-hydrogen) atoms. The molecule has 0 aliphatic carbocycles. The maximum Gasteiger partial charge on any atom is 0.134 e. The summed E-state index contributed by atoms with van der Waals surface area (Å²) in [6, 6.07) is 5.96. The summed E-state index contributed by atoms with van der Waals surface area (Å²) in [5.41, 5.74) is 3.06. The molecule has 1 aromatic carbocycles. The molecule has 0 unspecified atom stereocenters. The smallest absolute Gasteiger partial charge is 0.134 e. The molecule has 1 aromatic heterocycles. The molecule has 0 radical (unpaired) electrons. The highest BCUT2D eigenvalue weighted by atomic mass is 16.1. The maximum atomic E-state index is 11.0. The summed E-state index contributed by atoms with van der Waals surface area (Å²) < 4.78 is 0. The van der Waals surface area contributed by atoms with E-state index in [0.29, 0.717) is 6.42 Å². The van der Waals surface area contributed by atoms with Crippen LogP contribution in [0.5, 0.6) is 0 Å². The Labute approximate surface area is 94.9 Å². The summed E-state index contributed by atoms with van der Waals surface area (Å²) in [5, 5.41) is 0. The topological polar surface area (TPSA) is 45.8 Å². The van der Waals surface area contributed by atoms with Crippen LogP contribution in [0.3, 0.4) is 0 Å². The Kier molecular flexibility index (Phi) is 3.04. The van der Waals surface area contributed by atoms with Gasteiger partial charge in [-0.25, -0.2) is 4.98 Å². The second kappa shape index (κ2) is 4.47. The molecule has 0 aliphatic rings. The number of imidazole rings is 1. The van der Waals surface area contributed by atoms with Crippen LogP contribution < -0.4 is 0 Å². The predicted octanol–water partition coefficient (Wildman–Crippen LogP) is 2.65. The van der Waals surface area contributed by atoms with Gasteiger partial charge in [-0.2, -0.15) is 0 Å². The summed E-state index contributed by atoms with van der Waals surface area (Å²) in [6.07, 6.45) is 2.55. The van der Waals surface area contributed by atoms with Gasteiger partial charge in [-0.05, 0) is 31.0 Å². The van der Waals surface area contributed by atoms with Crippen LogP contribution in [-0.2, 0) is 17.6 Å². The number of carbonyl (C=O) groups excluding carboxylic acids is 1. The number of aromatic nitrogens is 2. The maximum absolute atomic E-state index is 11.0. The van der Waals surface area contributed by atoms with Crippen LogP contribution in [0.2, 0.25) is 0 Å². The van der Waals surface area contributed by atoms with Crippen molar-refractivity contribution in [3.05, 3.63) is 29.6 Å². The van der Waals surface area contributed by atoms with Gasteiger partial charge in [-0.3, -0.25) is 4.79 Å². The molecule has 0 saturated carbocycles. The van der Waals surface area contributed by atoms with Gasteiger partial charge in [0.15, 0.2) is 0 Å². The molecule has 2 aromatic rings. The van der Waals surface area contributed by atoms with E-state index >= 15 is 0 Å². The zero-order valence-corrected chi connectivity index (χ0v) is 9.71. The molecule has 0 amide bonds. The van der Waals surface area contributed by atoms with Crippen molar-refractivity contribution in [2.75, 3.05) is 0 Å². The summed E-state index contributed by atoms with van der Waals surface area (Å²) in [6.45, 7) is 3.74. The van der Waals surface area contributed by atoms with Crippen LogP contribution in [-0.4, -0.2) is 15.8 Å². The van der Waals surface area contributed by atoms with E-state index in [0.717, 1.165) is 35.3 Å². The van der Waals surface area contributed by atoms with Crippen LogP contribution in [0.25, 0.3) is 11.0 Å². The van der Waals surface area contributed by atoms with Gasteiger partial charge in [0, 0.05) is 12.8 Å². The molecule has 0 fully saturated rings. The van der Waals surface area contributed by atoms with Crippen LogP contribution >= 0.6 is 0 Å². The van der Waals surface area contributed by atoms with E-state index < -0.39 is 0 Å². The van der Waals surface area contributed by atoms with Crippen LogP contribution in [0.1, 0.15) is 31.7 Å². The standard InChI is InChI=1S/C13H16N2O/c1-3-4-13-14-11-6-5-10(7-9(2)16)8-12(11)15-13/h5-6,8H,3-4,7H2,1-2H3,(H,14,15). The van der Waals surface area contributed by atoms with Gasteiger partial charge in [0.2, 0.25) is 0 Å². The average Bonchev–Trinajstić information content (AvgIpc) is 2.59. The van der Waals surface area contributed by atoms with Crippen LogP contribution in [0.15, 0.2) is 18.2 Å². The normalized spacial score (nSPS) is 10.9. The Hall–Kier alpha value is -1.64. The first-order valence-electron chi connectivity index (χ1n) is 5.66. The van der Waals surface area contributed by atoms with Crippen molar-refractivity contribution in [1.82, 2.24) is 9.97 Å². The summed E-state index contributed by atoms with van der Waals surface area (Å²) in [5.74, 6) is 1.21. The number of aryl methyl sites for hydroxylation is 1. The Balaban J connectivity index is 2.33. The lowest BCUT2D eigenvalue weighted by Gasteiger charge is -1.96. The average molecular weight is 216 g/mol. The van der Waals surface area contributed by atoms with E-state index in [4.69, 9.17) is 0 Å². The monoisotopic (exact) mass is 216 g/mol. The fourth-order valence-corrected chi connectivity index (χ4v) is 1.86. The molecular formula is C13H16N2O. The van der Waals surface area contributed by atoms with Gasteiger partial charge in [0.25, 0.3) is 0 Å². The number of rotatable bonds is 4. The molecule has 84 valence electrons. The van der Waals surface area contributed by atoms with Crippen molar-refractivity contribution in [2.45, 2.75) is 33.1 Å². The number of hydrogen-bond acceptors (Lipinski definition) is 2. The Morgan fingerprint density at radius 3 is 2.94 bits per heavy atom. The zero-order valence-electron chi connectivity index (χ0n) is 9.71. The van der Waals surface area contributed by atoms with Crippen molar-refractivity contribution >= 4 is 16.8 Å². The lowest BCUT2D eigenvalue weighted by molar-refractivity contribution is -0.116. The molecule has 0 atom stereocenters. The number of ketones is 1. The van der Waals surface area contributed by atoms with Gasteiger partial charge in [-0.1, -0.05) is 13.0 Å². The number of Topliss-reactive ketones (excluding diaryl/α,β-unsaturated/α-hetero) is 1.